The number of fused-ring (bicyclic) bond motifs is 2. The summed E-state index contributed by atoms with van der Waals surface area (Å²) in [7, 11) is 0. The van der Waals surface area contributed by atoms with Crippen LogP contribution in [0, 0.1) is 13.8 Å². The minimum absolute atomic E-state index is 0.334. The lowest BCUT2D eigenvalue weighted by Gasteiger charge is -2.09. The van der Waals surface area contributed by atoms with Gasteiger partial charge in [-0.1, -0.05) is 0 Å². The second-order valence-corrected chi connectivity index (χ2v) is 4.88. The van der Waals surface area contributed by atoms with Crippen LogP contribution in [-0.2, 0) is 0 Å². The molecule has 0 fully saturated rings. The van der Waals surface area contributed by atoms with Gasteiger partial charge in [0.05, 0.1) is 0 Å². The van der Waals surface area contributed by atoms with E-state index in [1.54, 1.807) is 13.8 Å². The summed E-state index contributed by atoms with van der Waals surface area (Å²) >= 11 is 0. The fourth-order valence-electron chi connectivity index (χ4n) is 2.77. The van der Waals surface area contributed by atoms with Crippen molar-refractivity contribution in [3.63, 3.8) is 0 Å². The molecular formula is C16H10O4. The third kappa shape index (κ3) is 1.42. The van der Waals surface area contributed by atoms with E-state index in [9.17, 15) is 19.2 Å². The van der Waals surface area contributed by atoms with Gasteiger partial charge in [-0.25, -0.2) is 0 Å². The van der Waals surface area contributed by atoms with E-state index in [4.69, 9.17) is 0 Å². The van der Waals surface area contributed by atoms with Gasteiger partial charge in [0.1, 0.15) is 0 Å². The van der Waals surface area contributed by atoms with E-state index < -0.39 is 21.7 Å². The summed E-state index contributed by atoms with van der Waals surface area (Å²) in [6.07, 6.45) is 0. The van der Waals surface area contributed by atoms with Crippen LogP contribution in [0.15, 0.2) is 43.4 Å². The van der Waals surface area contributed by atoms with Crippen LogP contribution >= 0.6 is 0 Å². The van der Waals surface area contributed by atoms with Crippen LogP contribution in [0.5, 0.6) is 0 Å². The molecule has 0 saturated carbocycles. The normalized spacial score (nSPS) is 11.3. The molecule has 0 heterocycles. The highest BCUT2D eigenvalue weighted by atomic mass is 16.2. The molecular weight excluding hydrogens is 256 g/mol. The molecule has 0 N–H and O–H groups in total. The lowest BCUT2D eigenvalue weighted by Crippen LogP contribution is -2.26. The third-order valence-corrected chi connectivity index (χ3v) is 3.80. The molecule has 98 valence electrons. The summed E-state index contributed by atoms with van der Waals surface area (Å²) in [4.78, 5) is 47.1. The van der Waals surface area contributed by atoms with E-state index >= 15 is 0 Å². The monoisotopic (exact) mass is 266 g/mol. The SMILES string of the molecule is Cc1c2ccc(=O)c(=O)c2c(C)c2ccc(=O)c(=O)c12. The first-order chi connectivity index (χ1) is 9.43. The standard InChI is InChI=1S/C16H10O4/c1-7-9-3-5-12(18)16(20)14(9)8(2)10-4-6-11(17)15(19)13(7)10/h3-6H,1-2H3. The van der Waals surface area contributed by atoms with Gasteiger partial charge in [0, 0.05) is 10.8 Å². The van der Waals surface area contributed by atoms with Crippen molar-refractivity contribution in [3.05, 3.63) is 76.3 Å². The van der Waals surface area contributed by atoms with Gasteiger partial charge in [0.15, 0.2) is 0 Å². The van der Waals surface area contributed by atoms with Gasteiger partial charge in [-0.05, 0) is 60.0 Å². The summed E-state index contributed by atoms with van der Waals surface area (Å²) < 4.78 is 0. The van der Waals surface area contributed by atoms with Crippen molar-refractivity contribution in [2.45, 2.75) is 13.8 Å². The molecule has 0 atom stereocenters. The van der Waals surface area contributed by atoms with E-state index in [0.717, 1.165) is 0 Å². The Morgan fingerprint density at radius 3 is 1.30 bits per heavy atom. The maximum Gasteiger partial charge on any atom is 0.233 e. The second kappa shape index (κ2) is 3.93. The zero-order valence-corrected chi connectivity index (χ0v) is 10.9. The molecule has 3 rings (SSSR count). The van der Waals surface area contributed by atoms with Crippen LogP contribution in [0.3, 0.4) is 0 Å². The summed E-state index contributed by atoms with van der Waals surface area (Å²) in [5.41, 5.74) is -1.13. The van der Waals surface area contributed by atoms with Gasteiger partial charge in [-0.3, -0.25) is 19.2 Å². The van der Waals surface area contributed by atoms with E-state index in [1.165, 1.54) is 24.3 Å². The Morgan fingerprint density at radius 2 is 0.950 bits per heavy atom. The minimum Gasteiger partial charge on any atom is -0.286 e. The van der Waals surface area contributed by atoms with Crippen LogP contribution in [0.4, 0.5) is 0 Å². The summed E-state index contributed by atoms with van der Waals surface area (Å²) in [6.45, 7) is 3.38. The maximum absolute atomic E-state index is 12.0. The smallest absolute Gasteiger partial charge is 0.233 e. The minimum atomic E-state index is -0.567. The van der Waals surface area contributed by atoms with Crippen LogP contribution in [0.25, 0.3) is 21.5 Å². The van der Waals surface area contributed by atoms with E-state index in [0.29, 0.717) is 32.7 Å². The zero-order valence-electron chi connectivity index (χ0n) is 10.9. The number of rotatable bonds is 0. The molecule has 3 aromatic rings. The Bertz CT molecular complexity index is 995. The molecule has 4 nitrogen and oxygen atoms in total. The quantitative estimate of drug-likeness (QED) is 0.448. The van der Waals surface area contributed by atoms with Gasteiger partial charge >= 0.3 is 0 Å². The summed E-state index contributed by atoms with van der Waals surface area (Å²) in [5, 5.41) is 1.78. The predicted molar refractivity (Wildman–Crippen MR) is 78.4 cm³/mol. The van der Waals surface area contributed by atoms with Crippen molar-refractivity contribution >= 4 is 21.5 Å². The fourth-order valence-corrected chi connectivity index (χ4v) is 2.77. The molecule has 0 aliphatic carbocycles. The van der Waals surface area contributed by atoms with Gasteiger partial charge < -0.3 is 0 Å². The highest BCUT2D eigenvalue weighted by molar-refractivity contribution is 6.05. The van der Waals surface area contributed by atoms with Gasteiger partial charge in [0.2, 0.25) is 21.7 Å². The Kier molecular flexibility index (Phi) is 2.44. The average Bonchev–Trinajstić information content (AvgIpc) is 2.42. The van der Waals surface area contributed by atoms with Crippen molar-refractivity contribution < 1.29 is 0 Å². The molecule has 0 spiro atoms. The van der Waals surface area contributed by atoms with Crippen LogP contribution in [0.1, 0.15) is 11.1 Å². The van der Waals surface area contributed by atoms with Crippen molar-refractivity contribution in [3.8, 4) is 0 Å². The molecule has 0 bridgehead atoms. The number of hydrogen-bond acceptors (Lipinski definition) is 4. The molecule has 0 aliphatic rings. The molecule has 0 aliphatic heterocycles. The lowest BCUT2D eigenvalue weighted by molar-refractivity contribution is 1.44. The van der Waals surface area contributed by atoms with E-state index in [1.807, 2.05) is 0 Å². The topological polar surface area (TPSA) is 68.3 Å². The molecule has 0 aromatic heterocycles. The fraction of sp³-hybridized carbons (Fsp3) is 0.125. The third-order valence-electron chi connectivity index (χ3n) is 3.80. The molecule has 0 amide bonds. The van der Waals surface area contributed by atoms with E-state index in [2.05, 4.69) is 0 Å². The molecule has 20 heavy (non-hydrogen) atoms. The lowest BCUT2D eigenvalue weighted by atomic mass is 9.92. The Hall–Kier alpha value is -2.62. The molecule has 0 unspecified atom stereocenters. The molecule has 0 radical (unpaired) electrons. The van der Waals surface area contributed by atoms with Crippen molar-refractivity contribution in [2.75, 3.05) is 0 Å². The highest BCUT2D eigenvalue weighted by Gasteiger charge is 2.15. The Balaban J connectivity index is 2.84. The number of benzene rings is 3. The first-order valence-corrected chi connectivity index (χ1v) is 6.14. The molecule has 0 saturated heterocycles. The van der Waals surface area contributed by atoms with Crippen molar-refractivity contribution in [1.82, 2.24) is 0 Å². The Morgan fingerprint density at radius 1 is 0.600 bits per heavy atom. The Labute approximate surface area is 112 Å². The van der Waals surface area contributed by atoms with Gasteiger partial charge in [0.25, 0.3) is 0 Å². The van der Waals surface area contributed by atoms with Gasteiger partial charge in [-0.15, -0.1) is 0 Å². The number of aryl methyl sites for hydroxylation is 2. The van der Waals surface area contributed by atoms with Gasteiger partial charge in [-0.2, -0.15) is 0 Å². The zero-order chi connectivity index (χ0) is 14.6. The van der Waals surface area contributed by atoms with E-state index in [-0.39, 0.29) is 0 Å². The molecule has 4 heteroatoms. The van der Waals surface area contributed by atoms with Crippen LogP contribution in [0.2, 0.25) is 0 Å². The largest absolute Gasteiger partial charge is 0.286 e. The van der Waals surface area contributed by atoms with Crippen molar-refractivity contribution in [2.24, 2.45) is 0 Å². The second-order valence-electron chi connectivity index (χ2n) is 4.88. The van der Waals surface area contributed by atoms with Crippen LogP contribution < -0.4 is 21.7 Å². The molecule has 3 aromatic carbocycles. The predicted octanol–water partition coefficient (Wildman–Crippen LogP) is 0.926. The number of hydrogen-bond donors (Lipinski definition) is 0. The first-order valence-electron chi connectivity index (χ1n) is 6.14. The van der Waals surface area contributed by atoms with Crippen LogP contribution in [-0.4, -0.2) is 0 Å². The average molecular weight is 266 g/mol. The van der Waals surface area contributed by atoms with Crippen molar-refractivity contribution in [1.29, 1.82) is 0 Å². The maximum atomic E-state index is 12.0. The summed E-state index contributed by atoms with van der Waals surface area (Å²) in [6, 6.07) is 5.48. The summed E-state index contributed by atoms with van der Waals surface area (Å²) in [5.74, 6) is 0. The first kappa shape index (κ1) is 12.4. The highest BCUT2D eigenvalue weighted by Crippen LogP contribution is 2.26.